The Hall–Kier alpha value is -1.91. The van der Waals surface area contributed by atoms with Gasteiger partial charge in [-0.15, -0.1) is 0 Å². The van der Waals surface area contributed by atoms with Gasteiger partial charge in [0, 0.05) is 17.5 Å². The van der Waals surface area contributed by atoms with Crippen LogP contribution in [0.15, 0.2) is 23.4 Å². The van der Waals surface area contributed by atoms with Gasteiger partial charge in [-0.05, 0) is 44.2 Å². The Morgan fingerprint density at radius 1 is 1.47 bits per heavy atom. The third-order valence-electron chi connectivity index (χ3n) is 3.78. The molecule has 1 aromatic rings. The van der Waals surface area contributed by atoms with Crippen LogP contribution in [0.2, 0.25) is 0 Å². The zero-order chi connectivity index (χ0) is 13.8. The van der Waals surface area contributed by atoms with Gasteiger partial charge in [0.05, 0.1) is 10.6 Å². The maximum Gasteiger partial charge on any atom is 0.272 e. The Bertz CT molecular complexity index is 511. The fourth-order valence-electron chi connectivity index (χ4n) is 2.75. The van der Waals surface area contributed by atoms with Crippen LogP contribution in [-0.4, -0.2) is 15.8 Å². The van der Waals surface area contributed by atoms with E-state index in [2.05, 4.69) is 5.16 Å². The summed E-state index contributed by atoms with van der Waals surface area (Å²) in [6.07, 6.45) is 4.89. The van der Waals surface area contributed by atoms with Crippen LogP contribution in [0.1, 0.15) is 36.8 Å². The number of nitrogens with zero attached hydrogens (tertiary/aromatic N) is 2. The molecule has 0 heterocycles. The molecule has 2 rings (SSSR count). The molecule has 19 heavy (non-hydrogen) atoms. The van der Waals surface area contributed by atoms with Crippen molar-refractivity contribution in [1.82, 2.24) is 0 Å². The van der Waals surface area contributed by atoms with Gasteiger partial charge in [0.1, 0.15) is 0 Å². The molecule has 102 valence electrons. The van der Waals surface area contributed by atoms with Gasteiger partial charge in [-0.25, -0.2) is 0 Å². The molecule has 1 aromatic carbocycles. The van der Waals surface area contributed by atoms with E-state index in [1.54, 1.807) is 19.1 Å². The predicted molar refractivity (Wildman–Crippen MR) is 72.7 cm³/mol. The Morgan fingerprint density at radius 2 is 2.26 bits per heavy atom. The molecule has 1 N–H and O–H groups in total. The predicted octanol–water partition coefficient (Wildman–Crippen LogP) is 3.47. The summed E-state index contributed by atoms with van der Waals surface area (Å²) in [5, 5.41) is 23.2. The third kappa shape index (κ3) is 3.10. The molecule has 1 atom stereocenters. The Morgan fingerprint density at radius 3 is 2.89 bits per heavy atom. The molecule has 5 heteroatoms. The van der Waals surface area contributed by atoms with Crippen molar-refractivity contribution in [3.63, 3.8) is 0 Å². The van der Waals surface area contributed by atoms with Crippen molar-refractivity contribution in [3.05, 3.63) is 39.4 Å². The van der Waals surface area contributed by atoms with Crippen LogP contribution >= 0.6 is 0 Å². The molecule has 5 nitrogen and oxygen atoms in total. The van der Waals surface area contributed by atoms with E-state index in [-0.39, 0.29) is 16.5 Å². The van der Waals surface area contributed by atoms with Crippen molar-refractivity contribution in [2.75, 3.05) is 0 Å². The first-order valence-corrected chi connectivity index (χ1v) is 6.56. The van der Waals surface area contributed by atoms with E-state index < -0.39 is 0 Å². The highest BCUT2D eigenvalue weighted by atomic mass is 16.6. The largest absolute Gasteiger partial charge is 0.411 e. The topological polar surface area (TPSA) is 75.7 Å². The van der Waals surface area contributed by atoms with Gasteiger partial charge >= 0.3 is 0 Å². The van der Waals surface area contributed by atoms with E-state index in [9.17, 15) is 10.1 Å². The summed E-state index contributed by atoms with van der Waals surface area (Å²) in [5.74, 6) is 0.264. The van der Waals surface area contributed by atoms with E-state index in [1.807, 2.05) is 6.07 Å². The zero-order valence-corrected chi connectivity index (χ0v) is 11.0. The number of rotatable bonds is 3. The first kappa shape index (κ1) is 13.5. The Labute approximate surface area is 112 Å². The van der Waals surface area contributed by atoms with E-state index in [0.29, 0.717) is 5.56 Å². The van der Waals surface area contributed by atoms with Gasteiger partial charge in [0.15, 0.2) is 0 Å². The summed E-state index contributed by atoms with van der Waals surface area (Å²) in [6, 6.07) is 5.22. The van der Waals surface area contributed by atoms with Crippen molar-refractivity contribution in [2.24, 2.45) is 11.1 Å². The van der Waals surface area contributed by atoms with Gasteiger partial charge in [-0.3, -0.25) is 10.1 Å². The monoisotopic (exact) mass is 262 g/mol. The van der Waals surface area contributed by atoms with Crippen LogP contribution in [0.25, 0.3) is 0 Å². The SMILES string of the molecule is Cc1cc(CC2CCCCC2=NO)ccc1[N+](=O)[O-]. The number of oxime groups is 1. The second-order valence-corrected chi connectivity index (χ2v) is 5.12. The van der Waals surface area contributed by atoms with Crippen molar-refractivity contribution < 1.29 is 10.1 Å². The van der Waals surface area contributed by atoms with E-state index in [4.69, 9.17) is 5.21 Å². The first-order chi connectivity index (χ1) is 9.11. The van der Waals surface area contributed by atoms with Crippen LogP contribution in [-0.2, 0) is 6.42 Å². The Balaban J connectivity index is 2.15. The lowest BCUT2D eigenvalue weighted by Gasteiger charge is -2.23. The average Bonchev–Trinajstić information content (AvgIpc) is 2.39. The molecule has 0 saturated heterocycles. The second kappa shape index (κ2) is 5.82. The van der Waals surface area contributed by atoms with Gasteiger partial charge in [0.25, 0.3) is 5.69 Å². The minimum absolute atomic E-state index is 0.156. The summed E-state index contributed by atoms with van der Waals surface area (Å²) in [4.78, 5) is 10.4. The molecule has 1 unspecified atom stereocenters. The molecule has 1 aliphatic rings. The fourth-order valence-corrected chi connectivity index (χ4v) is 2.75. The minimum atomic E-state index is -0.361. The minimum Gasteiger partial charge on any atom is -0.411 e. The van der Waals surface area contributed by atoms with Crippen LogP contribution in [0.4, 0.5) is 5.69 Å². The maximum absolute atomic E-state index is 10.8. The second-order valence-electron chi connectivity index (χ2n) is 5.12. The van der Waals surface area contributed by atoms with Crippen molar-refractivity contribution >= 4 is 11.4 Å². The highest BCUT2D eigenvalue weighted by Gasteiger charge is 2.22. The van der Waals surface area contributed by atoms with Crippen molar-refractivity contribution in [1.29, 1.82) is 0 Å². The molecular formula is C14H18N2O3. The van der Waals surface area contributed by atoms with Crippen LogP contribution < -0.4 is 0 Å². The number of hydrogen-bond acceptors (Lipinski definition) is 4. The van der Waals surface area contributed by atoms with Crippen LogP contribution in [0, 0.1) is 23.0 Å². The normalized spacial score (nSPS) is 21.5. The third-order valence-corrected chi connectivity index (χ3v) is 3.78. The van der Waals surface area contributed by atoms with Crippen molar-refractivity contribution in [3.8, 4) is 0 Å². The number of aryl methyl sites for hydroxylation is 1. The van der Waals surface area contributed by atoms with Gasteiger partial charge in [-0.1, -0.05) is 17.6 Å². The lowest BCUT2D eigenvalue weighted by Crippen LogP contribution is -2.21. The van der Waals surface area contributed by atoms with Gasteiger partial charge in [-0.2, -0.15) is 0 Å². The van der Waals surface area contributed by atoms with E-state index in [1.165, 1.54) is 0 Å². The lowest BCUT2D eigenvalue weighted by atomic mass is 9.83. The molecule has 0 bridgehead atoms. The molecule has 0 spiro atoms. The smallest absolute Gasteiger partial charge is 0.272 e. The lowest BCUT2D eigenvalue weighted by molar-refractivity contribution is -0.385. The number of hydrogen-bond donors (Lipinski definition) is 1. The number of benzene rings is 1. The number of nitro groups is 1. The molecular weight excluding hydrogens is 244 g/mol. The molecule has 1 fully saturated rings. The Kier molecular flexibility index (Phi) is 4.14. The average molecular weight is 262 g/mol. The molecule has 0 amide bonds. The molecule has 1 saturated carbocycles. The van der Waals surface area contributed by atoms with Gasteiger partial charge < -0.3 is 5.21 Å². The van der Waals surface area contributed by atoms with Crippen molar-refractivity contribution in [2.45, 2.75) is 39.0 Å². The zero-order valence-electron chi connectivity index (χ0n) is 11.0. The summed E-state index contributed by atoms with van der Waals surface area (Å²) in [7, 11) is 0. The summed E-state index contributed by atoms with van der Waals surface area (Å²) >= 11 is 0. The highest BCUT2D eigenvalue weighted by Crippen LogP contribution is 2.27. The van der Waals surface area contributed by atoms with Gasteiger partial charge in [0.2, 0.25) is 0 Å². The van der Waals surface area contributed by atoms with Crippen LogP contribution in [0.3, 0.4) is 0 Å². The summed E-state index contributed by atoms with van der Waals surface area (Å²) in [5.41, 5.74) is 2.77. The van der Waals surface area contributed by atoms with E-state index >= 15 is 0 Å². The highest BCUT2D eigenvalue weighted by molar-refractivity contribution is 5.87. The molecule has 1 aliphatic carbocycles. The fraction of sp³-hybridized carbons (Fsp3) is 0.500. The summed E-state index contributed by atoms with van der Waals surface area (Å²) < 4.78 is 0. The molecule has 0 radical (unpaired) electrons. The van der Waals surface area contributed by atoms with E-state index in [0.717, 1.165) is 43.4 Å². The first-order valence-electron chi connectivity index (χ1n) is 6.56. The van der Waals surface area contributed by atoms with Crippen LogP contribution in [0.5, 0.6) is 0 Å². The number of nitro benzene ring substituents is 1. The molecule has 0 aliphatic heterocycles. The summed E-state index contributed by atoms with van der Waals surface area (Å²) in [6.45, 7) is 1.75. The standard InChI is InChI=1S/C14H18N2O3/c1-10-8-11(6-7-14(10)16(18)19)9-12-4-2-3-5-13(12)15-17/h6-8,12,17H,2-5,9H2,1H3. The molecule has 0 aromatic heterocycles. The maximum atomic E-state index is 10.8. The quantitative estimate of drug-likeness (QED) is 0.515.